The molecule has 4 saturated carbocycles. The van der Waals surface area contributed by atoms with Crippen LogP contribution in [0.15, 0.2) is 0 Å². The highest BCUT2D eigenvalue weighted by molar-refractivity contribution is 6.46. The summed E-state index contributed by atoms with van der Waals surface area (Å²) in [4.78, 5) is 0. The molecule has 4 aliphatic rings. The van der Waals surface area contributed by atoms with Crippen LogP contribution >= 0.6 is 23.2 Å². The number of aliphatic hydroxyl groups is 4. The van der Waals surface area contributed by atoms with Gasteiger partial charge in [-0.05, 0) is 97.7 Å². The van der Waals surface area contributed by atoms with Crippen LogP contribution in [0.3, 0.4) is 0 Å². The highest BCUT2D eigenvalue weighted by Crippen LogP contribution is 2.68. The van der Waals surface area contributed by atoms with Crippen molar-refractivity contribution in [1.29, 1.82) is 0 Å². The largest absolute Gasteiger partial charge is 0.393 e. The minimum absolute atomic E-state index is 0.100. The fourth-order valence-corrected chi connectivity index (χ4v) is 8.95. The van der Waals surface area contributed by atoms with E-state index in [4.69, 9.17) is 23.2 Å². The molecule has 0 saturated heterocycles. The number of halogens is 2. The van der Waals surface area contributed by atoms with E-state index >= 15 is 0 Å². The summed E-state index contributed by atoms with van der Waals surface area (Å²) in [6.45, 7) is 6.79. The molecule has 174 valence electrons. The Hall–Kier alpha value is 0.420. The van der Waals surface area contributed by atoms with Crippen LogP contribution in [0.25, 0.3) is 0 Å². The van der Waals surface area contributed by atoms with Crippen LogP contribution in [-0.4, -0.2) is 43.3 Å². The summed E-state index contributed by atoms with van der Waals surface area (Å²) < 4.78 is -1.70. The van der Waals surface area contributed by atoms with E-state index in [1.807, 2.05) is 0 Å². The molecule has 4 rings (SSSR count). The summed E-state index contributed by atoms with van der Waals surface area (Å²) in [5, 5.41) is 42.8. The first kappa shape index (κ1) is 23.6. The molecule has 4 N–H and O–H groups in total. The second kappa shape index (κ2) is 8.02. The summed E-state index contributed by atoms with van der Waals surface area (Å²) in [5.41, 5.74) is -0.126. The van der Waals surface area contributed by atoms with Crippen LogP contribution in [0.4, 0.5) is 0 Å². The number of alkyl halides is 2. The van der Waals surface area contributed by atoms with Crippen LogP contribution < -0.4 is 0 Å². The monoisotopic (exact) mass is 462 g/mol. The maximum Gasteiger partial charge on any atom is 0.214 e. The van der Waals surface area contributed by atoms with E-state index < -0.39 is 4.52 Å². The standard InChI is InChI=1S/C24H40Cl2O4/c1-13(6-9-24(25,26)30)16-4-5-17-21-18(12-20(29)23(16,17)3)22(2)8-7-15(27)10-14(22)11-19(21)28/h13-21,27-30H,4-12H2,1-3H3/t13-,14-,15+,16+,17-,18+,19+,20-,21+,22-,23+/m0/s1. The van der Waals surface area contributed by atoms with Crippen LogP contribution in [-0.2, 0) is 0 Å². The first-order chi connectivity index (χ1) is 13.9. The molecule has 0 aromatic heterocycles. The van der Waals surface area contributed by atoms with Crippen molar-refractivity contribution in [3.8, 4) is 0 Å². The quantitative estimate of drug-likeness (QED) is 0.464. The number of fused-ring (bicyclic) bond motifs is 5. The van der Waals surface area contributed by atoms with Crippen molar-refractivity contribution < 1.29 is 20.4 Å². The van der Waals surface area contributed by atoms with Gasteiger partial charge in [0.2, 0.25) is 4.52 Å². The molecule has 11 atom stereocenters. The first-order valence-corrected chi connectivity index (χ1v) is 12.8. The Morgan fingerprint density at radius 2 is 1.70 bits per heavy atom. The van der Waals surface area contributed by atoms with E-state index in [0.29, 0.717) is 36.0 Å². The van der Waals surface area contributed by atoms with E-state index in [1.165, 1.54) is 0 Å². The van der Waals surface area contributed by atoms with Gasteiger partial charge in [0.15, 0.2) is 0 Å². The molecule has 4 fully saturated rings. The molecule has 0 aromatic carbocycles. The maximum absolute atomic E-state index is 11.5. The van der Waals surface area contributed by atoms with E-state index in [1.54, 1.807) is 0 Å². The van der Waals surface area contributed by atoms with Crippen molar-refractivity contribution in [2.45, 2.75) is 101 Å². The molecule has 4 aliphatic carbocycles. The van der Waals surface area contributed by atoms with Gasteiger partial charge in [-0.2, -0.15) is 0 Å². The summed E-state index contributed by atoms with van der Waals surface area (Å²) >= 11 is 11.6. The Labute approximate surface area is 191 Å². The van der Waals surface area contributed by atoms with Crippen molar-refractivity contribution in [3.05, 3.63) is 0 Å². The van der Waals surface area contributed by atoms with Crippen LogP contribution in [0.2, 0.25) is 0 Å². The lowest BCUT2D eigenvalue weighted by Crippen LogP contribution is -2.62. The second-order valence-electron chi connectivity index (χ2n) is 11.7. The first-order valence-electron chi connectivity index (χ1n) is 12.0. The summed E-state index contributed by atoms with van der Waals surface area (Å²) in [5.74, 6) is 1.82. The maximum atomic E-state index is 11.5. The van der Waals surface area contributed by atoms with Crippen LogP contribution in [0, 0.1) is 46.3 Å². The van der Waals surface area contributed by atoms with Crippen molar-refractivity contribution in [3.63, 3.8) is 0 Å². The summed E-state index contributed by atoms with van der Waals surface area (Å²) in [7, 11) is 0. The van der Waals surface area contributed by atoms with Gasteiger partial charge in [-0.3, -0.25) is 0 Å². The van der Waals surface area contributed by atoms with Gasteiger partial charge >= 0.3 is 0 Å². The predicted octanol–water partition coefficient (Wildman–Crippen LogP) is 4.49. The normalized spacial score (nSPS) is 52.3. The van der Waals surface area contributed by atoms with Crippen molar-refractivity contribution >= 4 is 23.2 Å². The Balaban J connectivity index is 1.59. The van der Waals surface area contributed by atoms with Crippen molar-refractivity contribution in [1.82, 2.24) is 0 Å². The lowest BCUT2D eigenvalue weighted by Gasteiger charge is -2.63. The SMILES string of the molecule is C[C@@H](CCC(O)(Cl)Cl)[C@H]1CC[C@H]2[C@H]3[C@H](O)C[C@@H]4C[C@H](O)CC[C@]4(C)[C@@H]3C[C@H](O)[C@]12C. The van der Waals surface area contributed by atoms with Gasteiger partial charge in [0, 0.05) is 6.42 Å². The smallest absolute Gasteiger partial charge is 0.214 e. The minimum atomic E-state index is -1.70. The van der Waals surface area contributed by atoms with Gasteiger partial charge < -0.3 is 20.4 Å². The molecule has 0 aromatic rings. The number of hydrogen-bond acceptors (Lipinski definition) is 4. The van der Waals surface area contributed by atoms with Gasteiger partial charge in [0.1, 0.15) is 0 Å². The fourth-order valence-electron chi connectivity index (χ4n) is 8.73. The number of hydrogen-bond donors (Lipinski definition) is 4. The fraction of sp³-hybridized carbons (Fsp3) is 1.00. The average molecular weight is 463 g/mol. The Kier molecular flexibility index (Phi) is 6.30. The highest BCUT2D eigenvalue weighted by atomic mass is 35.5. The van der Waals surface area contributed by atoms with Crippen molar-refractivity contribution in [2.24, 2.45) is 46.3 Å². The lowest BCUT2D eigenvalue weighted by atomic mass is 9.43. The molecule has 0 unspecified atom stereocenters. The molecule has 30 heavy (non-hydrogen) atoms. The molecule has 6 heteroatoms. The molecule has 0 aliphatic heterocycles. The third-order valence-corrected chi connectivity index (χ3v) is 10.8. The minimum Gasteiger partial charge on any atom is -0.393 e. The highest BCUT2D eigenvalue weighted by Gasteiger charge is 2.65. The van der Waals surface area contributed by atoms with Gasteiger partial charge in [-0.25, -0.2) is 0 Å². The zero-order chi connectivity index (χ0) is 22.1. The van der Waals surface area contributed by atoms with E-state index in [9.17, 15) is 20.4 Å². The third kappa shape index (κ3) is 3.76. The Morgan fingerprint density at radius 3 is 2.37 bits per heavy atom. The zero-order valence-corrected chi connectivity index (χ0v) is 20.1. The Morgan fingerprint density at radius 1 is 1.00 bits per heavy atom. The Bertz CT molecular complexity index is 639. The topological polar surface area (TPSA) is 80.9 Å². The van der Waals surface area contributed by atoms with Gasteiger partial charge in [0.25, 0.3) is 0 Å². The average Bonchev–Trinajstić information content (AvgIpc) is 3.00. The molecule has 0 radical (unpaired) electrons. The molecular weight excluding hydrogens is 423 g/mol. The molecule has 0 amide bonds. The molecule has 0 bridgehead atoms. The predicted molar refractivity (Wildman–Crippen MR) is 119 cm³/mol. The molecule has 0 heterocycles. The number of rotatable bonds is 4. The number of aliphatic hydroxyl groups excluding tert-OH is 3. The lowest BCUT2D eigenvalue weighted by molar-refractivity contribution is -0.207. The van der Waals surface area contributed by atoms with Gasteiger partial charge in [0.05, 0.1) is 18.3 Å². The van der Waals surface area contributed by atoms with Gasteiger partial charge in [-0.15, -0.1) is 0 Å². The van der Waals surface area contributed by atoms with E-state index in [2.05, 4.69) is 20.8 Å². The zero-order valence-electron chi connectivity index (χ0n) is 18.6. The van der Waals surface area contributed by atoms with Gasteiger partial charge in [-0.1, -0.05) is 44.0 Å². The molecule has 4 nitrogen and oxygen atoms in total. The third-order valence-electron chi connectivity index (χ3n) is 10.4. The molecular formula is C24H40Cl2O4. The summed E-state index contributed by atoms with van der Waals surface area (Å²) in [6, 6.07) is 0. The van der Waals surface area contributed by atoms with Crippen molar-refractivity contribution in [2.75, 3.05) is 0 Å². The van der Waals surface area contributed by atoms with E-state index in [0.717, 1.165) is 51.4 Å². The van der Waals surface area contributed by atoms with E-state index in [-0.39, 0.29) is 35.1 Å². The summed E-state index contributed by atoms with van der Waals surface area (Å²) in [6.07, 6.45) is 6.28. The van der Waals surface area contributed by atoms with Crippen LogP contribution in [0.5, 0.6) is 0 Å². The van der Waals surface area contributed by atoms with Crippen LogP contribution in [0.1, 0.15) is 78.6 Å². The molecule has 0 spiro atoms. The second-order valence-corrected chi connectivity index (χ2v) is 13.2.